The molecule has 0 spiro atoms. The third kappa shape index (κ3) is 6.59. The third-order valence-corrected chi connectivity index (χ3v) is 6.50. The second-order valence-corrected chi connectivity index (χ2v) is 9.81. The first-order chi connectivity index (χ1) is 16.7. The van der Waals surface area contributed by atoms with Crippen LogP contribution < -0.4 is 11.1 Å². The Hall–Kier alpha value is -3.41. The van der Waals surface area contributed by atoms with Crippen LogP contribution in [0.5, 0.6) is 0 Å². The molecule has 35 heavy (non-hydrogen) atoms. The number of nitrogens with zero attached hydrogens (tertiary/aromatic N) is 2. The summed E-state index contributed by atoms with van der Waals surface area (Å²) < 4.78 is 44.2. The predicted octanol–water partition coefficient (Wildman–Crippen LogP) is 3.81. The number of rotatable bonds is 9. The van der Waals surface area contributed by atoms with E-state index in [1.54, 1.807) is 30.3 Å². The maximum Gasteiger partial charge on any atom is 0.243 e. The molecule has 8 nitrogen and oxygen atoms in total. The Bertz CT molecular complexity index is 1210. The van der Waals surface area contributed by atoms with Crippen molar-refractivity contribution in [1.82, 2.24) is 15.3 Å². The van der Waals surface area contributed by atoms with Gasteiger partial charge in [0.15, 0.2) is 16.4 Å². The van der Waals surface area contributed by atoms with Crippen molar-refractivity contribution >= 4 is 28.8 Å². The van der Waals surface area contributed by atoms with E-state index in [-0.39, 0.29) is 35.4 Å². The van der Waals surface area contributed by atoms with Gasteiger partial charge in [0.1, 0.15) is 17.7 Å². The van der Waals surface area contributed by atoms with Crippen LogP contribution in [-0.2, 0) is 22.5 Å². The number of halogens is 2. The highest BCUT2D eigenvalue weighted by atomic mass is 32.2. The fourth-order valence-electron chi connectivity index (χ4n) is 3.09. The number of alkyl halides is 1. The van der Waals surface area contributed by atoms with Crippen molar-refractivity contribution in [3.05, 3.63) is 71.3 Å². The maximum absolute atomic E-state index is 14.5. The van der Waals surface area contributed by atoms with Crippen LogP contribution in [0.4, 0.5) is 14.6 Å². The topological polar surface area (TPSA) is 144 Å². The van der Waals surface area contributed by atoms with Crippen LogP contribution in [0.15, 0.2) is 53.6 Å². The summed E-state index contributed by atoms with van der Waals surface area (Å²) in [5, 5.41) is 19.1. The number of ether oxygens (including phenoxy) is 1. The average Bonchev–Trinajstić information content (AvgIpc) is 2.84. The van der Waals surface area contributed by atoms with E-state index >= 15 is 0 Å². The second-order valence-electron chi connectivity index (χ2n) is 7.80. The van der Waals surface area contributed by atoms with Crippen LogP contribution in [0.25, 0.3) is 11.3 Å². The molecule has 1 heterocycles. The predicted molar refractivity (Wildman–Crippen MR) is 132 cm³/mol. The van der Waals surface area contributed by atoms with Crippen molar-refractivity contribution in [3.8, 4) is 11.3 Å². The van der Waals surface area contributed by atoms with Crippen molar-refractivity contribution in [3.63, 3.8) is 0 Å². The lowest BCUT2D eigenvalue weighted by atomic mass is 10.1. The highest BCUT2D eigenvalue weighted by Crippen LogP contribution is 2.23. The molecule has 0 fully saturated rings. The van der Waals surface area contributed by atoms with Crippen molar-refractivity contribution in [1.29, 1.82) is 10.8 Å². The molecular weight excluding hydrogens is 474 g/mol. The summed E-state index contributed by atoms with van der Waals surface area (Å²) in [5.41, 5.74) is 7.25. The Balaban J connectivity index is 1.75. The number of benzene rings is 2. The summed E-state index contributed by atoms with van der Waals surface area (Å²) in [6.07, 6.45) is 1.43. The molecule has 3 rings (SSSR count). The monoisotopic (exact) mass is 500 g/mol. The van der Waals surface area contributed by atoms with Crippen molar-refractivity contribution in [2.45, 2.75) is 30.5 Å². The van der Waals surface area contributed by atoms with E-state index in [1.807, 2.05) is 13.8 Å². The van der Waals surface area contributed by atoms with Gasteiger partial charge in [-0.1, -0.05) is 6.07 Å². The average molecular weight is 501 g/mol. The fraction of sp³-hybridized carbons (Fsp3) is 0.250. The van der Waals surface area contributed by atoms with Gasteiger partial charge >= 0.3 is 0 Å². The Kier molecular flexibility index (Phi) is 8.85. The van der Waals surface area contributed by atoms with E-state index in [2.05, 4.69) is 15.3 Å². The Labute approximate surface area is 205 Å². The summed E-state index contributed by atoms with van der Waals surface area (Å²) in [4.78, 5) is 9.08. The van der Waals surface area contributed by atoms with Gasteiger partial charge in [-0.15, -0.1) is 0 Å². The maximum atomic E-state index is 14.5. The molecule has 0 bridgehead atoms. The fourth-order valence-corrected chi connectivity index (χ4v) is 4.04. The van der Waals surface area contributed by atoms with Crippen molar-refractivity contribution in [2.75, 3.05) is 19.0 Å². The SMILES string of the molecule is CC(C)[S+]([O-])c1ccc(-c2cnc(N)c(C(=N)OC(=N)c3ccc(CNCCF)cc3F)n2)cc1. The summed E-state index contributed by atoms with van der Waals surface area (Å²) in [6.45, 7) is 3.65. The van der Waals surface area contributed by atoms with E-state index in [0.717, 1.165) is 0 Å². The molecule has 1 atom stereocenters. The zero-order valence-corrected chi connectivity index (χ0v) is 20.1. The van der Waals surface area contributed by atoms with E-state index in [0.29, 0.717) is 21.7 Å². The van der Waals surface area contributed by atoms with E-state index < -0.39 is 35.5 Å². The number of aromatic nitrogens is 2. The van der Waals surface area contributed by atoms with Crippen LogP contribution in [0.1, 0.15) is 30.7 Å². The smallest absolute Gasteiger partial charge is 0.243 e. The van der Waals surface area contributed by atoms with Crippen LogP contribution in [0.3, 0.4) is 0 Å². The van der Waals surface area contributed by atoms with Gasteiger partial charge in [0.2, 0.25) is 11.8 Å². The molecule has 0 radical (unpaired) electrons. The van der Waals surface area contributed by atoms with Crippen LogP contribution >= 0.6 is 0 Å². The van der Waals surface area contributed by atoms with Gasteiger partial charge in [0.05, 0.1) is 17.5 Å². The Morgan fingerprint density at radius 2 is 1.89 bits per heavy atom. The lowest BCUT2D eigenvalue weighted by Gasteiger charge is -2.14. The molecule has 3 aromatic rings. The molecule has 0 amide bonds. The van der Waals surface area contributed by atoms with Gasteiger partial charge in [-0.3, -0.25) is 10.8 Å². The molecule has 0 aliphatic carbocycles. The van der Waals surface area contributed by atoms with Gasteiger partial charge in [-0.05, 0) is 67.0 Å². The molecule has 184 valence electrons. The number of nitrogen functional groups attached to an aromatic ring is 1. The standard InChI is InChI=1S/C24H26F2N6O2S/c1-14(2)35(33)17-6-4-16(5-7-17)20-13-31-22(27)21(32-20)24(29)34-23(28)18-8-3-15(11-19(18)26)12-30-10-9-25/h3-8,11,13-14,28-30H,9-10,12H2,1-2H3,(H2,27,31). The third-order valence-electron chi connectivity index (χ3n) is 4.91. The second kappa shape index (κ2) is 11.8. The lowest BCUT2D eigenvalue weighted by Crippen LogP contribution is -2.19. The Morgan fingerprint density at radius 1 is 1.17 bits per heavy atom. The van der Waals surface area contributed by atoms with Crippen LogP contribution in [-0.4, -0.2) is 44.8 Å². The first kappa shape index (κ1) is 26.2. The summed E-state index contributed by atoms with van der Waals surface area (Å²) in [6, 6.07) is 11.1. The molecule has 11 heteroatoms. The largest absolute Gasteiger partial charge is 0.611 e. The molecule has 2 aromatic carbocycles. The van der Waals surface area contributed by atoms with Crippen molar-refractivity contribution in [2.24, 2.45) is 0 Å². The minimum atomic E-state index is -1.13. The molecule has 1 unspecified atom stereocenters. The summed E-state index contributed by atoms with van der Waals surface area (Å²) in [7, 11) is 0. The summed E-state index contributed by atoms with van der Waals surface area (Å²) in [5.74, 6) is -1.96. The number of nitrogens with two attached hydrogens (primary N) is 1. The van der Waals surface area contributed by atoms with Gasteiger partial charge in [0.25, 0.3) is 0 Å². The molecule has 0 saturated carbocycles. The van der Waals surface area contributed by atoms with Crippen LogP contribution in [0, 0.1) is 16.6 Å². The quantitative estimate of drug-likeness (QED) is 0.152. The molecule has 5 N–H and O–H groups in total. The van der Waals surface area contributed by atoms with Gasteiger partial charge in [-0.25, -0.2) is 18.7 Å². The number of hydrogen-bond acceptors (Lipinski definition) is 8. The van der Waals surface area contributed by atoms with Gasteiger partial charge in [-0.2, -0.15) is 0 Å². The van der Waals surface area contributed by atoms with E-state index in [9.17, 15) is 13.3 Å². The van der Waals surface area contributed by atoms with Crippen LogP contribution in [0.2, 0.25) is 0 Å². The molecule has 0 saturated heterocycles. The number of nitrogens with one attached hydrogen (secondary N) is 3. The lowest BCUT2D eigenvalue weighted by molar-refractivity contribution is 0.466. The van der Waals surface area contributed by atoms with E-state index in [1.165, 1.54) is 18.3 Å². The van der Waals surface area contributed by atoms with Crippen molar-refractivity contribution < 1.29 is 18.1 Å². The number of hydrogen-bond donors (Lipinski definition) is 4. The molecule has 1 aromatic heterocycles. The molecule has 0 aliphatic rings. The zero-order chi connectivity index (χ0) is 25.5. The minimum absolute atomic E-state index is 0.0178. The van der Waals surface area contributed by atoms with Gasteiger partial charge < -0.3 is 20.3 Å². The number of anilines is 1. The van der Waals surface area contributed by atoms with Gasteiger partial charge in [0, 0.05) is 18.7 Å². The minimum Gasteiger partial charge on any atom is -0.611 e. The first-order valence-corrected chi connectivity index (χ1v) is 12.0. The van der Waals surface area contributed by atoms with E-state index in [4.69, 9.17) is 21.3 Å². The molecule has 0 aliphatic heterocycles. The normalized spacial score (nSPS) is 11.9. The summed E-state index contributed by atoms with van der Waals surface area (Å²) >= 11 is -1.13. The molecular formula is C24H26F2N6O2S. The zero-order valence-electron chi connectivity index (χ0n) is 19.3. The highest BCUT2D eigenvalue weighted by molar-refractivity contribution is 7.92. The Morgan fingerprint density at radius 3 is 2.51 bits per heavy atom. The first-order valence-electron chi connectivity index (χ1n) is 10.8. The highest BCUT2D eigenvalue weighted by Gasteiger charge is 2.19.